The van der Waals surface area contributed by atoms with Crippen LogP contribution in [0.1, 0.15) is 5.69 Å². The molecule has 0 radical (unpaired) electrons. The lowest BCUT2D eigenvalue weighted by molar-refractivity contribution is -0.136. The van der Waals surface area contributed by atoms with Crippen LogP contribution in [0.15, 0.2) is 30.5 Å². The molecule has 0 amide bonds. The molecular formula is C11H11N3O2. The second kappa shape index (κ2) is 4.14. The predicted molar refractivity (Wildman–Crippen MR) is 57.8 cm³/mol. The van der Waals surface area contributed by atoms with Crippen LogP contribution in [0.3, 0.4) is 0 Å². The largest absolute Gasteiger partial charge is 0.481 e. The van der Waals surface area contributed by atoms with Crippen molar-refractivity contribution in [2.24, 2.45) is 7.05 Å². The smallest absolute Gasteiger partial charge is 0.309 e. The fourth-order valence-electron chi connectivity index (χ4n) is 1.47. The highest BCUT2D eigenvalue weighted by Gasteiger charge is 2.10. The molecule has 82 valence electrons. The molecule has 0 aliphatic rings. The van der Waals surface area contributed by atoms with Gasteiger partial charge in [-0.05, 0) is 18.2 Å². The Morgan fingerprint density at radius 3 is 2.88 bits per heavy atom. The molecule has 2 heterocycles. The van der Waals surface area contributed by atoms with Gasteiger partial charge in [-0.1, -0.05) is 6.07 Å². The number of hydrogen-bond acceptors (Lipinski definition) is 3. The van der Waals surface area contributed by atoms with Crippen LogP contribution < -0.4 is 0 Å². The Morgan fingerprint density at radius 1 is 1.44 bits per heavy atom. The quantitative estimate of drug-likeness (QED) is 0.836. The van der Waals surface area contributed by atoms with Gasteiger partial charge < -0.3 is 5.11 Å². The third-order valence-corrected chi connectivity index (χ3v) is 2.24. The van der Waals surface area contributed by atoms with Gasteiger partial charge in [-0.25, -0.2) is 0 Å². The molecule has 16 heavy (non-hydrogen) atoms. The second-order valence-corrected chi connectivity index (χ2v) is 3.43. The van der Waals surface area contributed by atoms with E-state index in [9.17, 15) is 4.79 Å². The monoisotopic (exact) mass is 217 g/mol. The number of carbonyl (C=O) groups is 1. The van der Waals surface area contributed by atoms with E-state index in [1.165, 1.54) is 0 Å². The number of aromatic nitrogens is 3. The maximum atomic E-state index is 10.6. The Hall–Kier alpha value is -2.17. The number of aliphatic carboxylic acids is 1. The van der Waals surface area contributed by atoms with Gasteiger partial charge >= 0.3 is 5.97 Å². The van der Waals surface area contributed by atoms with Crippen molar-refractivity contribution in [3.63, 3.8) is 0 Å². The van der Waals surface area contributed by atoms with Crippen LogP contribution in [0.25, 0.3) is 11.4 Å². The van der Waals surface area contributed by atoms with Crippen molar-refractivity contribution >= 4 is 5.97 Å². The van der Waals surface area contributed by atoms with Gasteiger partial charge in [-0.15, -0.1) is 0 Å². The molecule has 2 aromatic rings. The molecule has 0 aliphatic heterocycles. The van der Waals surface area contributed by atoms with Crippen molar-refractivity contribution in [3.8, 4) is 11.4 Å². The zero-order valence-electron chi connectivity index (χ0n) is 8.79. The molecule has 0 atom stereocenters. The van der Waals surface area contributed by atoms with Crippen molar-refractivity contribution in [1.82, 2.24) is 14.8 Å². The Kier molecular flexibility index (Phi) is 2.68. The van der Waals surface area contributed by atoms with Gasteiger partial charge in [-0.3, -0.25) is 14.5 Å². The molecule has 0 bridgehead atoms. The number of pyridine rings is 1. The van der Waals surface area contributed by atoms with Crippen LogP contribution in [-0.2, 0) is 18.3 Å². The van der Waals surface area contributed by atoms with Crippen molar-refractivity contribution in [3.05, 3.63) is 36.2 Å². The molecule has 0 aromatic carbocycles. The summed E-state index contributed by atoms with van der Waals surface area (Å²) < 4.78 is 1.57. The first-order valence-corrected chi connectivity index (χ1v) is 4.83. The maximum absolute atomic E-state index is 10.6. The van der Waals surface area contributed by atoms with E-state index in [2.05, 4.69) is 10.1 Å². The Morgan fingerprint density at radius 2 is 2.25 bits per heavy atom. The molecule has 5 heteroatoms. The number of carboxylic acid groups (broad SMARTS) is 1. The van der Waals surface area contributed by atoms with Gasteiger partial charge in [0.05, 0.1) is 12.1 Å². The number of aryl methyl sites for hydroxylation is 1. The van der Waals surface area contributed by atoms with Crippen LogP contribution in [0.2, 0.25) is 0 Å². The highest BCUT2D eigenvalue weighted by molar-refractivity contribution is 5.70. The average Bonchev–Trinajstić information content (AvgIpc) is 2.61. The molecule has 0 saturated heterocycles. The maximum Gasteiger partial charge on any atom is 0.309 e. The number of nitrogens with zero attached hydrogens (tertiary/aromatic N) is 3. The zero-order chi connectivity index (χ0) is 11.5. The Bertz CT molecular complexity index is 505. The molecule has 2 rings (SSSR count). The summed E-state index contributed by atoms with van der Waals surface area (Å²) in [6.45, 7) is 0. The van der Waals surface area contributed by atoms with Crippen molar-refractivity contribution in [2.75, 3.05) is 0 Å². The first-order chi connectivity index (χ1) is 7.66. The van der Waals surface area contributed by atoms with Gasteiger partial charge in [0.1, 0.15) is 5.69 Å². The normalized spacial score (nSPS) is 10.3. The SMILES string of the molecule is Cn1nc(-c2ccccn2)cc1CC(=O)O. The fourth-order valence-corrected chi connectivity index (χ4v) is 1.47. The lowest BCUT2D eigenvalue weighted by Gasteiger charge is -1.95. The summed E-state index contributed by atoms with van der Waals surface area (Å²) in [5, 5.41) is 12.9. The summed E-state index contributed by atoms with van der Waals surface area (Å²) in [5.74, 6) is -0.865. The predicted octanol–water partition coefficient (Wildman–Crippen LogP) is 1.11. The molecule has 5 nitrogen and oxygen atoms in total. The van der Waals surface area contributed by atoms with Gasteiger partial charge in [0.2, 0.25) is 0 Å². The minimum atomic E-state index is -0.865. The summed E-state index contributed by atoms with van der Waals surface area (Å²) in [6, 6.07) is 7.28. The third kappa shape index (κ3) is 2.08. The molecule has 0 aliphatic carbocycles. The van der Waals surface area contributed by atoms with E-state index in [0.717, 1.165) is 5.69 Å². The van der Waals surface area contributed by atoms with Crippen LogP contribution in [-0.4, -0.2) is 25.8 Å². The number of hydrogen-bond donors (Lipinski definition) is 1. The Balaban J connectivity index is 2.34. The van der Waals surface area contributed by atoms with Crippen LogP contribution in [0.5, 0.6) is 0 Å². The van der Waals surface area contributed by atoms with Crippen LogP contribution >= 0.6 is 0 Å². The van der Waals surface area contributed by atoms with E-state index >= 15 is 0 Å². The molecule has 1 N–H and O–H groups in total. The van der Waals surface area contributed by atoms with Gasteiger partial charge in [0.15, 0.2) is 0 Å². The lowest BCUT2D eigenvalue weighted by atomic mass is 10.2. The average molecular weight is 217 g/mol. The molecule has 0 unspecified atom stereocenters. The first-order valence-electron chi connectivity index (χ1n) is 4.83. The first kappa shape index (κ1) is 10.4. The fraction of sp³-hybridized carbons (Fsp3) is 0.182. The van der Waals surface area contributed by atoms with E-state index in [-0.39, 0.29) is 6.42 Å². The van der Waals surface area contributed by atoms with Crippen molar-refractivity contribution < 1.29 is 9.90 Å². The van der Waals surface area contributed by atoms with Crippen molar-refractivity contribution in [2.45, 2.75) is 6.42 Å². The van der Waals surface area contributed by atoms with Gasteiger partial charge in [-0.2, -0.15) is 5.10 Å². The van der Waals surface area contributed by atoms with Crippen LogP contribution in [0.4, 0.5) is 0 Å². The van der Waals surface area contributed by atoms with E-state index in [4.69, 9.17) is 5.11 Å². The van der Waals surface area contributed by atoms with E-state index in [0.29, 0.717) is 11.4 Å². The summed E-state index contributed by atoms with van der Waals surface area (Å²) in [6.07, 6.45) is 1.65. The Labute approximate surface area is 92.4 Å². The molecule has 2 aromatic heterocycles. The van der Waals surface area contributed by atoms with E-state index < -0.39 is 5.97 Å². The van der Waals surface area contributed by atoms with Crippen molar-refractivity contribution in [1.29, 1.82) is 0 Å². The molecule has 0 spiro atoms. The zero-order valence-corrected chi connectivity index (χ0v) is 8.79. The topological polar surface area (TPSA) is 68.0 Å². The summed E-state index contributed by atoms with van der Waals surface area (Å²) in [7, 11) is 1.73. The summed E-state index contributed by atoms with van der Waals surface area (Å²) in [5.41, 5.74) is 2.10. The molecule has 0 saturated carbocycles. The van der Waals surface area contributed by atoms with Gasteiger partial charge in [0, 0.05) is 18.9 Å². The third-order valence-electron chi connectivity index (χ3n) is 2.24. The van der Waals surface area contributed by atoms with Crippen LogP contribution in [0, 0.1) is 0 Å². The lowest BCUT2D eigenvalue weighted by Crippen LogP contribution is -2.05. The van der Waals surface area contributed by atoms with E-state index in [1.807, 2.05) is 18.2 Å². The summed E-state index contributed by atoms with van der Waals surface area (Å²) >= 11 is 0. The minimum Gasteiger partial charge on any atom is -0.481 e. The number of rotatable bonds is 3. The minimum absolute atomic E-state index is 0.0314. The highest BCUT2D eigenvalue weighted by Crippen LogP contribution is 2.15. The molecule has 0 fully saturated rings. The number of carboxylic acids is 1. The van der Waals surface area contributed by atoms with E-state index in [1.54, 1.807) is 24.0 Å². The summed E-state index contributed by atoms with van der Waals surface area (Å²) in [4.78, 5) is 14.8. The highest BCUT2D eigenvalue weighted by atomic mass is 16.4. The van der Waals surface area contributed by atoms with Gasteiger partial charge in [0.25, 0.3) is 0 Å². The second-order valence-electron chi connectivity index (χ2n) is 3.43. The molecular weight excluding hydrogens is 206 g/mol. The standard InChI is InChI=1S/C11H11N3O2/c1-14-8(7-11(15)16)6-10(13-14)9-4-2-3-5-12-9/h2-6H,7H2,1H3,(H,15,16).